The van der Waals surface area contributed by atoms with Gasteiger partial charge in [0.15, 0.2) is 0 Å². The van der Waals surface area contributed by atoms with Crippen LogP contribution in [0.5, 0.6) is 0 Å². The summed E-state index contributed by atoms with van der Waals surface area (Å²) >= 11 is 0. The summed E-state index contributed by atoms with van der Waals surface area (Å²) < 4.78 is 0. The second kappa shape index (κ2) is 6.16. The van der Waals surface area contributed by atoms with E-state index in [-0.39, 0.29) is 6.04 Å². The van der Waals surface area contributed by atoms with E-state index >= 15 is 0 Å². The smallest absolute Gasteiger partial charge is 0.0777 e. The van der Waals surface area contributed by atoms with Gasteiger partial charge in [0.25, 0.3) is 0 Å². The molecule has 3 heteroatoms. The molecule has 0 spiro atoms. The topological polar surface area (TPSA) is 28.2 Å². The van der Waals surface area contributed by atoms with Crippen molar-refractivity contribution < 1.29 is 0 Å². The number of nitrogens with zero attached hydrogens (tertiary/aromatic N) is 2. The molecular formula is C17H21N3. The zero-order valence-corrected chi connectivity index (χ0v) is 11.9. The molecule has 1 aliphatic heterocycles. The molecule has 2 heterocycles. The van der Waals surface area contributed by atoms with Gasteiger partial charge in [-0.05, 0) is 24.6 Å². The van der Waals surface area contributed by atoms with Crippen molar-refractivity contribution in [1.29, 1.82) is 0 Å². The van der Waals surface area contributed by atoms with Crippen molar-refractivity contribution in [3.8, 4) is 0 Å². The zero-order valence-electron chi connectivity index (χ0n) is 11.9. The summed E-state index contributed by atoms with van der Waals surface area (Å²) in [6, 6.07) is 15.3. The molecule has 0 amide bonds. The Morgan fingerprint density at radius 3 is 2.45 bits per heavy atom. The maximum atomic E-state index is 4.59. The highest BCUT2D eigenvalue weighted by Crippen LogP contribution is 2.27. The average Bonchev–Trinajstić information content (AvgIpc) is 2.52. The van der Waals surface area contributed by atoms with Gasteiger partial charge in [-0.25, -0.2) is 0 Å². The van der Waals surface area contributed by atoms with Gasteiger partial charge in [-0.15, -0.1) is 0 Å². The van der Waals surface area contributed by atoms with E-state index in [1.54, 1.807) is 0 Å². The van der Waals surface area contributed by atoms with E-state index in [9.17, 15) is 0 Å². The van der Waals surface area contributed by atoms with Crippen LogP contribution in [0.4, 0.5) is 0 Å². The van der Waals surface area contributed by atoms with Crippen LogP contribution < -0.4 is 5.32 Å². The van der Waals surface area contributed by atoms with Crippen molar-refractivity contribution in [1.82, 2.24) is 15.2 Å². The van der Waals surface area contributed by atoms with Crippen molar-refractivity contribution in [3.05, 3.63) is 65.5 Å². The number of hydrogen-bond acceptors (Lipinski definition) is 3. The van der Waals surface area contributed by atoms with Crippen LogP contribution in [-0.2, 0) is 0 Å². The molecule has 1 aromatic carbocycles. The van der Waals surface area contributed by atoms with Crippen LogP contribution in [-0.4, -0.2) is 36.1 Å². The van der Waals surface area contributed by atoms with E-state index in [0.29, 0.717) is 0 Å². The molecule has 1 unspecified atom stereocenters. The Hall–Kier alpha value is -1.71. The average molecular weight is 267 g/mol. The fourth-order valence-electron chi connectivity index (χ4n) is 2.80. The first-order valence-electron chi connectivity index (χ1n) is 7.27. The molecular weight excluding hydrogens is 246 g/mol. The highest BCUT2D eigenvalue weighted by molar-refractivity contribution is 5.30. The first-order chi connectivity index (χ1) is 9.84. The first kappa shape index (κ1) is 13.3. The van der Waals surface area contributed by atoms with E-state index in [1.807, 2.05) is 12.3 Å². The molecule has 1 fully saturated rings. The highest BCUT2D eigenvalue weighted by atomic mass is 15.2. The Morgan fingerprint density at radius 2 is 1.80 bits per heavy atom. The quantitative estimate of drug-likeness (QED) is 0.925. The van der Waals surface area contributed by atoms with Crippen molar-refractivity contribution in [2.24, 2.45) is 0 Å². The van der Waals surface area contributed by atoms with Crippen LogP contribution in [0.25, 0.3) is 0 Å². The summed E-state index contributed by atoms with van der Waals surface area (Å²) in [4.78, 5) is 7.11. The minimum atomic E-state index is 0.263. The highest BCUT2D eigenvalue weighted by Gasteiger charge is 2.24. The molecule has 1 aromatic heterocycles. The Balaban J connectivity index is 1.96. The lowest BCUT2D eigenvalue weighted by Crippen LogP contribution is -2.45. The van der Waals surface area contributed by atoms with Gasteiger partial charge < -0.3 is 5.32 Å². The summed E-state index contributed by atoms with van der Waals surface area (Å²) in [5, 5.41) is 3.42. The van der Waals surface area contributed by atoms with Gasteiger partial charge in [-0.1, -0.05) is 35.9 Å². The van der Waals surface area contributed by atoms with Gasteiger partial charge >= 0.3 is 0 Å². The standard InChI is InChI=1S/C17H21N3/c1-14-5-7-15(8-6-14)17(16-4-2-3-9-19-16)20-12-10-18-11-13-20/h2-9,17-18H,10-13H2,1H3. The first-order valence-corrected chi connectivity index (χ1v) is 7.27. The molecule has 2 aromatic rings. The zero-order chi connectivity index (χ0) is 13.8. The van der Waals surface area contributed by atoms with Crippen LogP contribution in [0.15, 0.2) is 48.7 Å². The van der Waals surface area contributed by atoms with Crippen LogP contribution in [0, 0.1) is 6.92 Å². The molecule has 0 saturated carbocycles. The number of aromatic nitrogens is 1. The largest absolute Gasteiger partial charge is 0.314 e. The number of aryl methyl sites for hydroxylation is 1. The molecule has 3 rings (SSSR count). The summed E-state index contributed by atoms with van der Waals surface area (Å²) in [5.74, 6) is 0. The number of pyridine rings is 1. The van der Waals surface area contributed by atoms with Gasteiger partial charge in [0.05, 0.1) is 11.7 Å². The van der Waals surface area contributed by atoms with E-state index in [4.69, 9.17) is 0 Å². The lowest BCUT2D eigenvalue weighted by molar-refractivity contribution is 0.195. The third-order valence-electron chi connectivity index (χ3n) is 3.88. The third kappa shape index (κ3) is 2.89. The number of rotatable bonds is 3. The number of nitrogens with one attached hydrogen (secondary N) is 1. The maximum absolute atomic E-state index is 4.59. The number of hydrogen-bond donors (Lipinski definition) is 1. The van der Waals surface area contributed by atoms with E-state index < -0.39 is 0 Å². The third-order valence-corrected chi connectivity index (χ3v) is 3.88. The molecule has 1 aliphatic rings. The summed E-state index contributed by atoms with van der Waals surface area (Å²) in [5.41, 5.74) is 3.77. The number of benzene rings is 1. The van der Waals surface area contributed by atoms with Gasteiger partial charge in [-0.3, -0.25) is 9.88 Å². The van der Waals surface area contributed by atoms with Crippen molar-refractivity contribution in [2.75, 3.05) is 26.2 Å². The van der Waals surface area contributed by atoms with Gasteiger partial charge in [0, 0.05) is 32.4 Å². The van der Waals surface area contributed by atoms with Crippen molar-refractivity contribution in [3.63, 3.8) is 0 Å². The fraction of sp³-hybridized carbons (Fsp3) is 0.353. The van der Waals surface area contributed by atoms with Crippen molar-refractivity contribution in [2.45, 2.75) is 13.0 Å². The SMILES string of the molecule is Cc1ccc(C(c2ccccn2)N2CCNCC2)cc1. The summed E-state index contributed by atoms with van der Waals surface area (Å²) in [6.07, 6.45) is 1.89. The molecule has 1 atom stereocenters. The fourth-order valence-corrected chi connectivity index (χ4v) is 2.80. The van der Waals surface area contributed by atoms with E-state index in [0.717, 1.165) is 31.9 Å². The van der Waals surface area contributed by atoms with Gasteiger partial charge in [0.1, 0.15) is 0 Å². The lowest BCUT2D eigenvalue weighted by atomic mass is 9.99. The molecule has 104 valence electrons. The molecule has 1 saturated heterocycles. The Kier molecular flexibility index (Phi) is 4.09. The minimum absolute atomic E-state index is 0.263. The molecule has 1 N–H and O–H groups in total. The normalized spacial score (nSPS) is 17.9. The lowest BCUT2D eigenvalue weighted by Gasteiger charge is -2.35. The monoisotopic (exact) mass is 267 g/mol. The van der Waals surface area contributed by atoms with Crippen LogP contribution in [0.1, 0.15) is 22.9 Å². The Morgan fingerprint density at radius 1 is 1.05 bits per heavy atom. The predicted molar refractivity (Wildman–Crippen MR) is 81.7 cm³/mol. The Bertz CT molecular complexity index is 530. The number of piperazine rings is 1. The van der Waals surface area contributed by atoms with Crippen LogP contribution in [0.2, 0.25) is 0 Å². The minimum Gasteiger partial charge on any atom is -0.314 e. The summed E-state index contributed by atoms with van der Waals surface area (Å²) in [7, 11) is 0. The summed E-state index contributed by atoms with van der Waals surface area (Å²) in [6.45, 7) is 6.36. The van der Waals surface area contributed by atoms with Gasteiger partial charge in [0.2, 0.25) is 0 Å². The molecule has 0 aliphatic carbocycles. The van der Waals surface area contributed by atoms with Crippen LogP contribution in [0.3, 0.4) is 0 Å². The molecule has 3 nitrogen and oxygen atoms in total. The second-order valence-corrected chi connectivity index (χ2v) is 5.35. The van der Waals surface area contributed by atoms with Crippen LogP contribution >= 0.6 is 0 Å². The molecule has 0 bridgehead atoms. The van der Waals surface area contributed by atoms with Gasteiger partial charge in [-0.2, -0.15) is 0 Å². The second-order valence-electron chi connectivity index (χ2n) is 5.35. The van der Waals surface area contributed by atoms with E-state index in [2.05, 4.69) is 58.5 Å². The Labute approximate surface area is 120 Å². The molecule has 0 radical (unpaired) electrons. The maximum Gasteiger partial charge on any atom is 0.0777 e. The molecule has 20 heavy (non-hydrogen) atoms. The predicted octanol–water partition coefficient (Wildman–Crippen LogP) is 2.38. The van der Waals surface area contributed by atoms with Crippen molar-refractivity contribution >= 4 is 0 Å². The van der Waals surface area contributed by atoms with E-state index in [1.165, 1.54) is 11.1 Å².